The zero-order valence-corrected chi connectivity index (χ0v) is 9.94. The maximum atomic E-state index is 6.15. The zero-order chi connectivity index (χ0) is 11.0. The van der Waals surface area contributed by atoms with Crippen molar-refractivity contribution in [2.24, 2.45) is 5.73 Å². The number of nitrogens with zero attached hydrogens (tertiary/aromatic N) is 1. The molecule has 2 rings (SSSR count). The molecule has 0 saturated carbocycles. The van der Waals surface area contributed by atoms with Crippen LogP contribution >= 0.6 is 23.2 Å². The molecular formula is C11H12Cl2N2. The van der Waals surface area contributed by atoms with Gasteiger partial charge in [-0.1, -0.05) is 23.2 Å². The van der Waals surface area contributed by atoms with E-state index in [1.807, 2.05) is 13.0 Å². The van der Waals surface area contributed by atoms with Crippen molar-refractivity contribution in [3.8, 4) is 0 Å². The van der Waals surface area contributed by atoms with Gasteiger partial charge in [-0.05, 0) is 24.6 Å². The van der Waals surface area contributed by atoms with Crippen molar-refractivity contribution in [2.45, 2.75) is 13.5 Å². The number of rotatable bonds is 2. The van der Waals surface area contributed by atoms with E-state index in [2.05, 4.69) is 10.8 Å². The van der Waals surface area contributed by atoms with Crippen molar-refractivity contribution < 1.29 is 0 Å². The van der Waals surface area contributed by atoms with Gasteiger partial charge in [-0.3, -0.25) is 0 Å². The Kier molecular flexibility index (Phi) is 2.91. The maximum absolute atomic E-state index is 6.15. The molecule has 0 bridgehead atoms. The molecule has 0 aliphatic heterocycles. The number of hydrogen-bond donors (Lipinski definition) is 1. The van der Waals surface area contributed by atoms with Crippen LogP contribution < -0.4 is 5.73 Å². The summed E-state index contributed by atoms with van der Waals surface area (Å²) in [6, 6.07) is 3.69. The number of nitrogens with two attached hydrogens (primary N) is 1. The standard InChI is InChI=1S/C11H12Cl2N2/c1-7-6-15(3-2-14)10-5-8(12)4-9(13)11(7)10/h4-6H,2-3,14H2,1H3. The molecule has 15 heavy (non-hydrogen) atoms. The van der Waals surface area contributed by atoms with Crippen molar-refractivity contribution in [1.82, 2.24) is 4.57 Å². The third-order valence-corrected chi connectivity index (χ3v) is 2.97. The average molecular weight is 243 g/mol. The highest BCUT2D eigenvalue weighted by molar-refractivity contribution is 6.38. The number of fused-ring (bicyclic) bond motifs is 1. The fourth-order valence-corrected chi connectivity index (χ4v) is 2.50. The summed E-state index contributed by atoms with van der Waals surface area (Å²) in [7, 11) is 0. The second-order valence-electron chi connectivity index (χ2n) is 3.58. The van der Waals surface area contributed by atoms with E-state index in [1.165, 1.54) is 0 Å². The highest BCUT2D eigenvalue weighted by Gasteiger charge is 2.09. The topological polar surface area (TPSA) is 30.9 Å². The molecule has 1 aromatic heterocycles. The maximum Gasteiger partial charge on any atom is 0.0517 e. The molecule has 0 aliphatic rings. The van der Waals surface area contributed by atoms with Gasteiger partial charge in [-0.25, -0.2) is 0 Å². The smallest absolute Gasteiger partial charge is 0.0517 e. The van der Waals surface area contributed by atoms with Crippen molar-refractivity contribution in [2.75, 3.05) is 6.54 Å². The number of hydrogen-bond acceptors (Lipinski definition) is 1. The number of aryl methyl sites for hydroxylation is 1. The molecule has 0 spiro atoms. The lowest BCUT2D eigenvalue weighted by Crippen LogP contribution is -2.08. The minimum atomic E-state index is 0.605. The van der Waals surface area contributed by atoms with Crippen molar-refractivity contribution in [3.05, 3.63) is 33.9 Å². The van der Waals surface area contributed by atoms with E-state index in [-0.39, 0.29) is 0 Å². The Balaban J connectivity index is 2.75. The van der Waals surface area contributed by atoms with E-state index in [4.69, 9.17) is 28.9 Å². The van der Waals surface area contributed by atoms with Gasteiger partial charge in [0.1, 0.15) is 0 Å². The highest BCUT2D eigenvalue weighted by atomic mass is 35.5. The van der Waals surface area contributed by atoms with Gasteiger partial charge < -0.3 is 10.3 Å². The third-order valence-electron chi connectivity index (χ3n) is 2.46. The first-order valence-electron chi connectivity index (χ1n) is 4.78. The van der Waals surface area contributed by atoms with Gasteiger partial charge in [0, 0.05) is 29.7 Å². The van der Waals surface area contributed by atoms with E-state index in [1.54, 1.807) is 6.07 Å². The summed E-state index contributed by atoms with van der Waals surface area (Å²) in [4.78, 5) is 0. The summed E-state index contributed by atoms with van der Waals surface area (Å²) in [5.41, 5.74) is 7.75. The first kappa shape index (κ1) is 10.8. The van der Waals surface area contributed by atoms with Crippen LogP contribution in [0.5, 0.6) is 0 Å². The van der Waals surface area contributed by atoms with Gasteiger partial charge in [0.15, 0.2) is 0 Å². The number of halogens is 2. The summed E-state index contributed by atoms with van der Waals surface area (Å²) in [6.07, 6.45) is 2.06. The molecule has 0 fully saturated rings. The summed E-state index contributed by atoms with van der Waals surface area (Å²) in [6.45, 7) is 3.42. The summed E-state index contributed by atoms with van der Waals surface area (Å²) in [5, 5.41) is 2.42. The lowest BCUT2D eigenvalue weighted by atomic mass is 10.2. The Morgan fingerprint density at radius 2 is 2.07 bits per heavy atom. The van der Waals surface area contributed by atoms with Crippen LogP contribution in [0.3, 0.4) is 0 Å². The number of benzene rings is 1. The third kappa shape index (κ3) is 1.85. The molecule has 2 nitrogen and oxygen atoms in total. The number of aromatic nitrogens is 1. The van der Waals surface area contributed by atoms with Crippen molar-refractivity contribution in [3.63, 3.8) is 0 Å². The first-order valence-corrected chi connectivity index (χ1v) is 5.53. The quantitative estimate of drug-likeness (QED) is 0.862. The van der Waals surface area contributed by atoms with Crippen LogP contribution in [0, 0.1) is 6.92 Å². The zero-order valence-electron chi connectivity index (χ0n) is 8.43. The van der Waals surface area contributed by atoms with Crippen LogP contribution in [-0.2, 0) is 6.54 Å². The normalized spacial score (nSPS) is 11.2. The van der Waals surface area contributed by atoms with Gasteiger partial charge in [-0.2, -0.15) is 0 Å². The van der Waals surface area contributed by atoms with Crippen molar-refractivity contribution in [1.29, 1.82) is 0 Å². The summed E-state index contributed by atoms with van der Waals surface area (Å²) in [5.74, 6) is 0. The summed E-state index contributed by atoms with van der Waals surface area (Å²) < 4.78 is 2.09. The minimum absolute atomic E-state index is 0.605. The fraction of sp³-hybridized carbons (Fsp3) is 0.273. The molecule has 2 aromatic rings. The molecular weight excluding hydrogens is 231 g/mol. The minimum Gasteiger partial charge on any atom is -0.346 e. The SMILES string of the molecule is Cc1cn(CCN)c2cc(Cl)cc(Cl)c12. The van der Waals surface area contributed by atoms with Gasteiger partial charge in [0.05, 0.1) is 10.5 Å². The second kappa shape index (κ2) is 4.05. The molecule has 0 atom stereocenters. The molecule has 0 radical (unpaired) electrons. The molecule has 4 heteroatoms. The molecule has 1 aromatic carbocycles. The van der Waals surface area contributed by atoms with Gasteiger partial charge in [0.2, 0.25) is 0 Å². The average Bonchev–Trinajstić information content (AvgIpc) is 2.43. The van der Waals surface area contributed by atoms with Crippen LogP contribution in [-0.4, -0.2) is 11.1 Å². The van der Waals surface area contributed by atoms with Crippen LogP contribution in [0.2, 0.25) is 10.0 Å². The molecule has 0 aliphatic carbocycles. The van der Waals surface area contributed by atoms with Crippen molar-refractivity contribution >= 4 is 34.1 Å². The van der Waals surface area contributed by atoms with E-state index in [0.29, 0.717) is 16.6 Å². The van der Waals surface area contributed by atoms with E-state index in [9.17, 15) is 0 Å². The predicted molar refractivity (Wildman–Crippen MR) is 65.7 cm³/mol. The largest absolute Gasteiger partial charge is 0.346 e. The lowest BCUT2D eigenvalue weighted by molar-refractivity contribution is 0.734. The van der Waals surface area contributed by atoms with Crippen LogP contribution in [0.25, 0.3) is 10.9 Å². The monoisotopic (exact) mass is 242 g/mol. The van der Waals surface area contributed by atoms with Crippen LogP contribution in [0.1, 0.15) is 5.56 Å². The van der Waals surface area contributed by atoms with E-state index in [0.717, 1.165) is 23.0 Å². The molecule has 0 unspecified atom stereocenters. The van der Waals surface area contributed by atoms with Crippen LogP contribution in [0.4, 0.5) is 0 Å². The van der Waals surface area contributed by atoms with Gasteiger partial charge in [0.25, 0.3) is 0 Å². The molecule has 0 amide bonds. The highest BCUT2D eigenvalue weighted by Crippen LogP contribution is 2.31. The lowest BCUT2D eigenvalue weighted by Gasteiger charge is -2.03. The van der Waals surface area contributed by atoms with Gasteiger partial charge in [-0.15, -0.1) is 0 Å². The van der Waals surface area contributed by atoms with E-state index < -0.39 is 0 Å². The Morgan fingerprint density at radius 3 is 2.73 bits per heavy atom. The molecule has 0 saturated heterocycles. The second-order valence-corrected chi connectivity index (χ2v) is 4.42. The molecule has 80 valence electrons. The Labute approximate surface area is 98.6 Å². The predicted octanol–water partition coefficient (Wildman–Crippen LogP) is 3.22. The Hall–Kier alpha value is -0.700. The van der Waals surface area contributed by atoms with Crippen LogP contribution in [0.15, 0.2) is 18.3 Å². The summed E-state index contributed by atoms with van der Waals surface area (Å²) >= 11 is 12.1. The Morgan fingerprint density at radius 1 is 1.33 bits per heavy atom. The van der Waals surface area contributed by atoms with Gasteiger partial charge >= 0.3 is 0 Å². The fourth-order valence-electron chi connectivity index (χ4n) is 1.87. The van der Waals surface area contributed by atoms with E-state index >= 15 is 0 Å². The molecule has 2 N–H and O–H groups in total. The first-order chi connectivity index (χ1) is 7.13. The Bertz CT molecular complexity index is 503. The molecule has 1 heterocycles.